The average Bonchev–Trinajstić information content (AvgIpc) is 3.02. The van der Waals surface area contributed by atoms with Gasteiger partial charge in [-0.2, -0.15) is 0 Å². The molecule has 1 fully saturated rings. The van der Waals surface area contributed by atoms with Gasteiger partial charge in [0.2, 0.25) is 0 Å². The number of likely N-dealkylation sites (tertiary alicyclic amines) is 1. The Morgan fingerprint density at radius 3 is 2.59 bits per heavy atom. The van der Waals surface area contributed by atoms with Crippen molar-refractivity contribution in [2.45, 2.75) is 12.5 Å². The van der Waals surface area contributed by atoms with Gasteiger partial charge in [-0.3, -0.25) is 9.59 Å². The Labute approximate surface area is 196 Å². The molecular weight excluding hydrogens is 472 g/mol. The summed E-state index contributed by atoms with van der Waals surface area (Å²) in [5.74, 6) is -0.874. The minimum absolute atomic E-state index is 0.0862. The van der Waals surface area contributed by atoms with E-state index in [0.29, 0.717) is 36.4 Å². The number of ketones is 1. The van der Waals surface area contributed by atoms with Crippen LogP contribution in [0.1, 0.15) is 23.6 Å². The molecular formula is C25H27BrN2O4. The second kappa shape index (κ2) is 10.6. The minimum atomic E-state index is -0.701. The summed E-state index contributed by atoms with van der Waals surface area (Å²) < 4.78 is 6.50. The van der Waals surface area contributed by atoms with Crippen LogP contribution in [-0.4, -0.2) is 60.4 Å². The van der Waals surface area contributed by atoms with E-state index >= 15 is 0 Å². The van der Waals surface area contributed by atoms with E-state index in [-0.39, 0.29) is 11.3 Å². The summed E-state index contributed by atoms with van der Waals surface area (Å²) in [6.45, 7) is 5.16. The van der Waals surface area contributed by atoms with Crippen LogP contribution in [-0.2, 0) is 9.59 Å². The lowest BCUT2D eigenvalue weighted by atomic mass is 9.95. The molecule has 1 saturated heterocycles. The second-order valence-electron chi connectivity index (χ2n) is 7.83. The molecule has 0 spiro atoms. The van der Waals surface area contributed by atoms with Crippen molar-refractivity contribution in [3.63, 3.8) is 0 Å². The Morgan fingerprint density at radius 2 is 1.94 bits per heavy atom. The number of ether oxygens (including phenoxy) is 1. The van der Waals surface area contributed by atoms with Gasteiger partial charge in [0.15, 0.2) is 0 Å². The van der Waals surface area contributed by atoms with Gasteiger partial charge < -0.3 is 19.6 Å². The average molecular weight is 499 g/mol. The van der Waals surface area contributed by atoms with Crippen molar-refractivity contribution in [2.75, 3.05) is 33.8 Å². The molecule has 1 aliphatic rings. The third-order valence-corrected chi connectivity index (χ3v) is 5.73. The van der Waals surface area contributed by atoms with Crippen LogP contribution in [0.5, 0.6) is 5.75 Å². The maximum atomic E-state index is 13.1. The summed E-state index contributed by atoms with van der Waals surface area (Å²) in [6, 6.07) is 13.5. The third kappa shape index (κ3) is 5.29. The number of amides is 1. The number of hydrogen-bond donors (Lipinski definition) is 1. The Balaban J connectivity index is 2.08. The largest absolute Gasteiger partial charge is 0.507 e. The zero-order valence-electron chi connectivity index (χ0n) is 18.3. The number of aliphatic hydroxyl groups excluding tert-OH is 1. The highest BCUT2D eigenvalue weighted by molar-refractivity contribution is 9.10. The zero-order valence-corrected chi connectivity index (χ0v) is 19.8. The number of aliphatic hydroxyl groups is 1. The summed E-state index contributed by atoms with van der Waals surface area (Å²) in [6.07, 6.45) is 2.34. The maximum Gasteiger partial charge on any atom is 0.295 e. The topological polar surface area (TPSA) is 70.1 Å². The number of Topliss-reactive ketones (excluding diaryl/α,β-unsaturated/α-hetero) is 1. The van der Waals surface area contributed by atoms with Gasteiger partial charge in [-0.05, 0) is 56.9 Å². The standard InChI is InChI=1S/C25H27BrN2O4/c1-4-15-32-20-8-5-7-18(16-20)22-21(23(29)17-9-11-19(26)12-10-17)24(30)25(31)28(22)14-6-13-27(2)3/h4-5,7-12,16,22,29H,1,6,13-15H2,2-3H3/b23-21-. The molecule has 3 rings (SSSR count). The van der Waals surface area contributed by atoms with Crippen molar-refractivity contribution in [2.24, 2.45) is 0 Å². The van der Waals surface area contributed by atoms with Crippen LogP contribution >= 0.6 is 15.9 Å². The molecule has 1 aliphatic heterocycles. The first-order valence-electron chi connectivity index (χ1n) is 10.4. The monoisotopic (exact) mass is 498 g/mol. The second-order valence-corrected chi connectivity index (χ2v) is 8.74. The number of benzene rings is 2. The quantitative estimate of drug-likeness (QED) is 0.240. The molecule has 0 bridgehead atoms. The molecule has 1 unspecified atom stereocenters. The molecule has 2 aromatic rings. The lowest BCUT2D eigenvalue weighted by Crippen LogP contribution is -2.32. The highest BCUT2D eigenvalue weighted by Gasteiger charge is 2.45. The van der Waals surface area contributed by atoms with E-state index in [2.05, 4.69) is 22.5 Å². The first-order valence-corrected chi connectivity index (χ1v) is 11.2. The van der Waals surface area contributed by atoms with Crippen LogP contribution in [0.2, 0.25) is 0 Å². The summed E-state index contributed by atoms with van der Waals surface area (Å²) >= 11 is 3.37. The molecule has 6 nitrogen and oxygen atoms in total. The first kappa shape index (κ1) is 23.8. The van der Waals surface area contributed by atoms with E-state index in [0.717, 1.165) is 11.0 Å². The smallest absolute Gasteiger partial charge is 0.295 e. The predicted molar refractivity (Wildman–Crippen MR) is 128 cm³/mol. The first-order chi connectivity index (χ1) is 15.3. The number of carbonyl (C=O) groups excluding carboxylic acids is 2. The fourth-order valence-electron chi connectivity index (χ4n) is 3.71. The van der Waals surface area contributed by atoms with Crippen LogP contribution in [0.15, 0.2) is 71.2 Å². The van der Waals surface area contributed by atoms with Gasteiger partial charge in [-0.25, -0.2) is 0 Å². The summed E-state index contributed by atoms with van der Waals surface area (Å²) in [5, 5.41) is 11.1. The van der Waals surface area contributed by atoms with Crippen LogP contribution in [0.3, 0.4) is 0 Å². The summed E-state index contributed by atoms with van der Waals surface area (Å²) in [7, 11) is 3.92. The Kier molecular flexibility index (Phi) is 7.88. The van der Waals surface area contributed by atoms with Crippen molar-refractivity contribution in [1.29, 1.82) is 0 Å². The van der Waals surface area contributed by atoms with Gasteiger partial charge in [-0.15, -0.1) is 0 Å². The lowest BCUT2D eigenvalue weighted by Gasteiger charge is -2.26. The normalized spacial score (nSPS) is 17.8. The van der Waals surface area contributed by atoms with Crippen molar-refractivity contribution >= 4 is 33.4 Å². The highest BCUT2D eigenvalue weighted by Crippen LogP contribution is 2.40. The zero-order chi connectivity index (χ0) is 23.3. The SMILES string of the molecule is C=CCOc1cccc(C2/C(=C(/O)c3ccc(Br)cc3)C(=O)C(=O)N2CCCN(C)C)c1. The van der Waals surface area contributed by atoms with Gasteiger partial charge in [0, 0.05) is 16.6 Å². The number of rotatable bonds is 9. The van der Waals surface area contributed by atoms with E-state index in [1.165, 1.54) is 0 Å². The van der Waals surface area contributed by atoms with E-state index in [1.807, 2.05) is 31.1 Å². The lowest BCUT2D eigenvalue weighted by molar-refractivity contribution is -0.139. The fraction of sp³-hybridized carbons (Fsp3) is 0.280. The minimum Gasteiger partial charge on any atom is -0.507 e. The van der Waals surface area contributed by atoms with Gasteiger partial charge >= 0.3 is 0 Å². The molecule has 7 heteroatoms. The Morgan fingerprint density at radius 1 is 1.22 bits per heavy atom. The molecule has 1 atom stereocenters. The number of halogens is 1. The van der Waals surface area contributed by atoms with Crippen LogP contribution in [0.4, 0.5) is 0 Å². The van der Waals surface area contributed by atoms with Crippen molar-refractivity contribution in [1.82, 2.24) is 9.80 Å². The van der Waals surface area contributed by atoms with Gasteiger partial charge in [0.1, 0.15) is 18.1 Å². The van der Waals surface area contributed by atoms with Crippen LogP contribution < -0.4 is 4.74 Å². The van der Waals surface area contributed by atoms with Crippen molar-refractivity contribution < 1.29 is 19.4 Å². The maximum absolute atomic E-state index is 13.1. The van der Waals surface area contributed by atoms with E-state index < -0.39 is 17.7 Å². The Hall–Kier alpha value is -2.90. The molecule has 2 aromatic carbocycles. The Bertz CT molecular complexity index is 1030. The number of carbonyl (C=O) groups is 2. The van der Waals surface area contributed by atoms with E-state index in [4.69, 9.17) is 4.74 Å². The summed E-state index contributed by atoms with van der Waals surface area (Å²) in [5.41, 5.74) is 1.26. The predicted octanol–water partition coefficient (Wildman–Crippen LogP) is 4.39. The fourth-order valence-corrected chi connectivity index (χ4v) is 3.97. The van der Waals surface area contributed by atoms with Crippen molar-refractivity contribution in [3.8, 4) is 5.75 Å². The molecule has 1 N–H and O–H groups in total. The highest BCUT2D eigenvalue weighted by atomic mass is 79.9. The summed E-state index contributed by atoms with van der Waals surface area (Å²) in [4.78, 5) is 29.6. The van der Waals surface area contributed by atoms with E-state index in [1.54, 1.807) is 47.4 Å². The molecule has 168 valence electrons. The molecule has 0 radical (unpaired) electrons. The third-order valence-electron chi connectivity index (χ3n) is 5.20. The molecule has 0 aromatic heterocycles. The molecule has 1 amide bonds. The van der Waals surface area contributed by atoms with Gasteiger partial charge in [0.05, 0.1) is 11.6 Å². The van der Waals surface area contributed by atoms with Gasteiger partial charge in [-0.1, -0.05) is 52.9 Å². The van der Waals surface area contributed by atoms with Crippen LogP contribution in [0, 0.1) is 0 Å². The molecule has 0 aliphatic carbocycles. The van der Waals surface area contributed by atoms with Crippen LogP contribution in [0.25, 0.3) is 5.76 Å². The molecule has 32 heavy (non-hydrogen) atoms. The number of hydrogen-bond acceptors (Lipinski definition) is 5. The van der Waals surface area contributed by atoms with Crippen molar-refractivity contribution in [3.05, 3.63) is 82.4 Å². The number of nitrogens with zero attached hydrogens (tertiary/aromatic N) is 2. The molecule has 0 saturated carbocycles. The molecule has 1 heterocycles. The van der Waals surface area contributed by atoms with Gasteiger partial charge in [0.25, 0.3) is 11.7 Å². The van der Waals surface area contributed by atoms with E-state index in [9.17, 15) is 14.7 Å².